The van der Waals surface area contributed by atoms with Crippen molar-refractivity contribution in [1.82, 2.24) is 9.78 Å². The number of methoxy groups -OCH3 is 1. The highest BCUT2D eigenvalue weighted by molar-refractivity contribution is 6.03. The van der Waals surface area contributed by atoms with E-state index in [0.29, 0.717) is 17.1 Å². The average molecular weight is 387 g/mol. The second kappa shape index (κ2) is 8.46. The van der Waals surface area contributed by atoms with E-state index < -0.39 is 5.97 Å². The van der Waals surface area contributed by atoms with Crippen molar-refractivity contribution >= 4 is 17.6 Å². The molecule has 0 aliphatic carbocycles. The monoisotopic (exact) mass is 387 g/mol. The van der Waals surface area contributed by atoms with Crippen LogP contribution in [0.2, 0.25) is 0 Å². The Labute approximate surface area is 166 Å². The Morgan fingerprint density at radius 2 is 1.89 bits per heavy atom. The molecule has 0 radical (unpaired) electrons. The SMILES string of the molecule is COC(=O)COc1ccc(NC(=O)c2cc(C(C)C)n(C(C)(C)C)n2)c(C)c1. The van der Waals surface area contributed by atoms with E-state index in [2.05, 4.69) is 49.8 Å². The Morgan fingerprint density at radius 3 is 2.39 bits per heavy atom. The Bertz CT molecular complexity index is 863. The topological polar surface area (TPSA) is 82.5 Å². The minimum atomic E-state index is -0.453. The molecule has 0 spiro atoms. The molecule has 0 saturated carbocycles. The lowest BCUT2D eigenvalue weighted by Crippen LogP contribution is -2.26. The number of hydrogen-bond donors (Lipinski definition) is 1. The molecule has 1 aromatic carbocycles. The second-order valence-electron chi connectivity index (χ2n) is 7.99. The first-order valence-corrected chi connectivity index (χ1v) is 9.25. The molecule has 1 heterocycles. The molecule has 1 amide bonds. The maximum Gasteiger partial charge on any atom is 0.343 e. The van der Waals surface area contributed by atoms with Crippen LogP contribution < -0.4 is 10.1 Å². The van der Waals surface area contributed by atoms with Crippen molar-refractivity contribution in [2.45, 2.75) is 53.0 Å². The molecular weight excluding hydrogens is 358 g/mol. The summed E-state index contributed by atoms with van der Waals surface area (Å²) in [5.74, 6) is 0.0583. The summed E-state index contributed by atoms with van der Waals surface area (Å²) in [6, 6.07) is 7.03. The van der Waals surface area contributed by atoms with Crippen LogP contribution in [0.1, 0.15) is 62.3 Å². The molecule has 0 fully saturated rings. The average Bonchev–Trinajstić information content (AvgIpc) is 3.08. The van der Waals surface area contributed by atoms with Crippen molar-refractivity contribution in [3.8, 4) is 5.75 Å². The van der Waals surface area contributed by atoms with E-state index in [1.807, 2.05) is 17.7 Å². The largest absolute Gasteiger partial charge is 0.482 e. The molecule has 0 saturated heterocycles. The number of hydrogen-bond acceptors (Lipinski definition) is 5. The fraction of sp³-hybridized carbons (Fsp3) is 0.476. The van der Waals surface area contributed by atoms with Gasteiger partial charge < -0.3 is 14.8 Å². The van der Waals surface area contributed by atoms with Gasteiger partial charge in [-0.05, 0) is 63.4 Å². The predicted molar refractivity (Wildman–Crippen MR) is 108 cm³/mol. The van der Waals surface area contributed by atoms with Crippen molar-refractivity contribution in [2.75, 3.05) is 19.0 Å². The zero-order chi connectivity index (χ0) is 21.1. The molecule has 1 aromatic heterocycles. The first kappa shape index (κ1) is 21.5. The van der Waals surface area contributed by atoms with Crippen molar-refractivity contribution < 1.29 is 19.1 Å². The minimum absolute atomic E-state index is 0.163. The van der Waals surface area contributed by atoms with Crippen molar-refractivity contribution in [2.24, 2.45) is 0 Å². The smallest absolute Gasteiger partial charge is 0.343 e. The highest BCUT2D eigenvalue weighted by Crippen LogP contribution is 2.25. The zero-order valence-electron chi connectivity index (χ0n) is 17.6. The van der Waals surface area contributed by atoms with E-state index in [-0.39, 0.29) is 24.0 Å². The summed E-state index contributed by atoms with van der Waals surface area (Å²) >= 11 is 0. The number of aromatic nitrogens is 2. The van der Waals surface area contributed by atoms with E-state index in [0.717, 1.165) is 11.3 Å². The van der Waals surface area contributed by atoms with Gasteiger partial charge in [0, 0.05) is 11.4 Å². The third-order valence-corrected chi connectivity index (χ3v) is 4.23. The number of benzene rings is 1. The maximum absolute atomic E-state index is 12.7. The number of carbonyl (C=O) groups is 2. The van der Waals surface area contributed by atoms with Gasteiger partial charge in [-0.1, -0.05) is 13.8 Å². The van der Waals surface area contributed by atoms with E-state index in [1.54, 1.807) is 18.2 Å². The van der Waals surface area contributed by atoms with Crippen LogP contribution in [0.5, 0.6) is 5.75 Å². The first-order chi connectivity index (χ1) is 13.0. The molecule has 0 unspecified atom stereocenters. The lowest BCUT2D eigenvalue weighted by atomic mass is 10.1. The van der Waals surface area contributed by atoms with Gasteiger partial charge in [-0.3, -0.25) is 9.48 Å². The van der Waals surface area contributed by atoms with Gasteiger partial charge in [0.1, 0.15) is 5.75 Å². The Balaban J connectivity index is 2.18. The van der Waals surface area contributed by atoms with Crippen molar-refractivity contribution in [3.05, 3.63) is 41.2 Å². The first-order valence-electron chi connectivity index (χ1n) is 9.25. The van der Waals surface area contributed by atoms with Crippen LogP contribution in [0.4, 0.5) is 5.69 Å². The molecule has 1 N–H and O–H groups in total. The van der Waals surface area contributed by atoms with Gasteiger partial charge in [-0.2, -0.15) is 5.10 Å². The quantitative estimate of drug-likeness (QED) is 0.761. The van der Waals surface area contributed by atoms with Gasteiger partial charge >= 0.3 is 5.97 Å². The number of carbonyl (C=O) groups excluding carboxylic acids is 2. The van der Waals surface area contributed by atoms with E-state index >= 15 is 0 Å². The van der Waals surface area contributed by atoms with E-state index in [1.165, 1.54) is 7.11 Å². The summed E-state index contributed by atoms with van der Waals surface area (Å²) in [7, 11) is 1.31. The summed E-state index contributed by atoms with van der Waals surface area (Å²) in [5, 5.41) is 7.43. The summed E-state index contributed by atoms with van der Waals surface area (Å²) in [6.07, 6.45) is 0. The summed E-state index contributed by atoms with van der Waals surface area (Å²) in [6.45, 7) is 12.0. The van der Waals surface area contributed by atoms with Crippen LogP contribution >= 0.6 is 0 Å². The summed E-state index contributed by atoms with van der Waals surface area (Å²) in [4.78, 5) is 23.9. The molecule has 0 aliphatic rings. The maximum atomic E-state index is 12.7. The van der Waals surface area contributed by atoms with Crippen LogP contribution in [-0.2, 0) is 15.1 Å². The summed E-state index contributed by atoms with van der Waals surface area (Å²) in [5.41, 5.74) is 2.65. The zero-order valence-corrected chi connectivity index (χ0v) is 17.6. The van der Waals surface area contributed by atoms with Crippen molar-refractivity contribution in [1.29, 1.82) is 0 Å². The number of amides is 1. The standard InChI is InChI=1S/C21H29N3O4/c1-13(2)18-11-17(23-24(18)21(4,5)6)20(26)22-16-9-8-15(10-14(16)3)28-12-19(25)27-7/h8-11,13H,12H2,1-7H3,(H,22,26). The number of aryl methyl sites for hydroxylation is 1. The van der Waals surface area contributed by atoms with Gasteiger partial charge in [-0.25, -0.2) is 4.79 Å². The molecule has 7 nitrogen and oxygen atoms in total. The van der Waals surface area contributed by atoms with Crippen LogP contribution in [0, 0.1) is 6.92 Å². The number of rotatable bonds is 6. The molecule has 7 heteroatoms. The fourth-order valence-electron chi connectivity index (χ4n) is 2.71. The molecule has 0 aliphatic heterocycles. The molecule has 2 aromatic rings. The molecule has 0 atom stereocenters. The van der Waals surface area contributed by atoms with Crippen LogP contribution in [0.15, 0.2) is 24.3 Å². The lowest BCUT2D eigenvalue weighted by Gasteiger charge is -2.23. The number of ether oxygens (including phenoxy) is 2. The molecular formula is C21H29N3O4. The van der Waals surface area contributed by atoms with E-state index in [4.69, 9.17) is 4.74 Å². The predicted octanol–water partition coefficient (Wildman–Crippen LogP) is 3.87. The third kappa shape index (κ3) is 5.12. The van der Waals surface area contributed by atoms with Crippen LogP contribution in [0.3, 0.4) is 0 Å². The van der Waals surface area contributed by atoms with Gasteiger partial charge in [-0.15, -0.1) is 0 Å². The van der Waals surface area contributed by atoms with Crippen molar-refractivity contribution in [3.63, 3.8) is 0 Å². The third-order valence-electron chi connectivity index (χ3n) is 4.23. The fourth-order valence-corrected chi connectivity index (χ4v) is 2.71. The highest BCUT2D eigenvalue weighted by Gasteiger charge is 2.23. The van der Waals surface area contributed by atoms with Gasteiger partial charge in [0.25, 0.3) is 5.91 Å². The van der Waals surface area contributed by atoms with Gasteiger partial charge in [0.05, 0.1) is 12.6 Å². The highest BCUT2D eigenvalue weighted by atomic mass is 16.6. The Hall–Kier alpha value is -2.83. The number of nitrogens with zero attached hydrogens (tertiary/aromatic N) is 2. The van der Waals surface area contributed by atoms with E-state index in [9.17, 15) is 9.59 Å². The number of nitrogens with one attached hydrogen (secondary N) is 1. The van der Waals surface area contributed by atoms with Gasteiger partial charge in [0.15, 0.2) is 12.3 Å². The minimum Gasteiger partial charge on any atom is -0.482 e. The Kier molecular flexibility index (Phi) is 6.48. The van der Waals surface area contributed by atoms with Crippen LogP contribution in [0.25, 0.3) is 0 Å². The van der Waals surface area contributed by atoms with Gasteiger partial charge in [0.2, 0.25) is 0 Å². The summed E-state index contributed by atoms with van der Waals surface area (Å²) < 4.78 is 11.8. The van der Waals surface area contributed by atoms with Crippen LogP contribution in [-0.4, -0.2) is 35.4 Å². The normalized spacial score (nSPS) is 11.4. The molecule has 28 heavy (non-hydrogen) atoms. The lowest BCUT2D eigenvalue weighted by molar-refractivity contribution is -0.142. The second-order valence-corrected chi connectivity index (χ2v) is 7.99. The molecule has 0 bridgehead atoms. The molecule has 152 valence electrons. The number of esters is 1. The Morgan fingerprint density at radius 1 is 1.21 bits per heavy atom. The molecule has 2 rings (SSSR count). The number of anilines is 1.